The molecule has 6 unspecified atom stereocenters. The molecule has 0 bridgehead atoms. The molecule has 8 heteroatoms. The molecule has 0 aliphatic carbocycles. The van der Waals surface area contributed by atoms with Crippen LogP contribution in [0.25, 0.3) is 0 Å². The van der Waals surface area contributed by atoms with E-state index in [-0.39, 0.29) is 39.1 Å². The lowest BCUT2D eigenvalue weighted by molar-refractivity contribution is -0.152. The van der Waals surface area contributed by atoms with Gasteiger partial charge in [-0.2, -0.15) is 0 Å². The largest absolute Gasteiger partial charge is 0.391 e. The van der Waals surface area contributed by atoms with Crippen LogP contribution in [0.4, 0.5) is 0 Å². The van der Waals surface area contributed by atoms with Crippen LogP contribution < -0.4 is 0 Å². The molecule has 0 radical (unpaired) electrons. The van der Waals surface area contributed by atoms with Crippen LogP contribution in [0.2, 0.25) is 0 Å². The zero-order chi connectivity index (χ0) is 19.2. The summed E-state index contributed by atoms with van der Waals surface area (Å²) in [4.78, 5) is 0. The molecule has 152 valence electrons. The SMILES string of the molecule is COC(C)COC(COCC(C)O)C(COCC(C)O)OCC(C)O. The summed E-state index contributed by atoms with van der Waals surface area (Å²) in [6.45, 7) is 7.96. The molecule has 0 fully saturated rings. The second-order valence-electron chi connectivity index (χ2n) is 6.41. The van der Waals surface area contributed by atoms with Gasteiger partial charge in [-0.25, -0.2) is 0 Å². The van der Waals surface area contributed by atoms with E-state index in [9.17, 15) is 15.3 Å². The Balaban J connectivity index is 4.76. The van der Waals surface area contributed by atoms with E-state index in [4.69, 9.17) is 23.7 Å². The van der Waals surface area contributed by atoms with Crippen molar-refractivity contribution in [2.24, 2.45) is 0 Å². The van der Waals surface area contributed by atoms with E-state index >= 15 is 0 Å². The van der Waals surface area contributed by atoms with Gasteiger partial charge in [0.15, 0.2) is 0 Å². The van der Waals surface area contributed by atoms with Gasteiger partial charge in [-0.1, -0.05) is 0 Å². The van der Waals surface area contributed by atoms with E-state index in [2.05, 4.69) is 0 Å². The number of rotatable bonds is 16. The van der Waals surface area contributed by atoms with Crippen LogP contribution in [0.1, 0.15) is 27.7 Å². The fraction of sp³-hybridized carbons (Fsp3) is 1.00. The van der Waals surface area contributed by atoms with Crippen molar-refractivity contribution in [2.75, 3.05) is 46.8 Å². The molecule has 0 aromatic carbocycles. The number of methoxy groups -OCH3 is 1. The van der Waals surface area contributed by atoms with Crippen LogP contribution in [0.3, 0.4) is 0 Å². The summed E-state index contributed by atoms with van der Waals surface area (Å²) in [7, 11) is 1.60. The van der Waals surface area contributed by atoms with Crippen molar-refractivity contribution in [3.05, 3.63) is 0 Å². The summed E-state index contributed by atoms with van der Waals surface area (Å²) in [5.74, 6) is 0. The molecule has 0 saturated carbocycles. The average Bonchev–Trinajstić information content (AvgIpc) is 2.53. The minimum atomic E-state index is -0.629. The van der Waals surface area contributed by atoms with Gasteiger partial charge in [-0.15, -0.1) is 0 Å². The highest BCUT2D eigenvalue weighted by Crippen LogP contribution is 2.10. The summed E-state index contributed by atoms with van der Waals surface area (Å²) in [5.41, 5.74) is 0. The first-order chi connectivity index (χ1) is 11.8. The van der Waals surface area contributed by atoms with Crippen LogP contribution >= 0.6 is 0 Å². The zero-order valence-electron chi connectivity index (χ0n) is 16.1. The Morgan fingerprint density at radius 2 is 1.00 bits per heavy atom. The van der Waals surface area contributed by atoms with Gasteiger partial charge in [-0.05, 0) is 27.7 Å². The van der Waals surface area contributed by atoms with E-state index < -0.39 is 30.5 Å². The van der Waals surface area contributed by atoms with Crippen molar-refractivity contribution in [1.82, 2.24) is 0 Å². The van der Waals surface area contributed by atoms with E-state index in [1.165, 1.54) is 0 Å². The third-order valence-corrected chi connectivity index (χ3v) is 3.20. The van der Waals surface area contributed by atoms with Crippen molar-refractivity contribution in [2.45, 2.75) is 64.3 Å². The lowest BCUT2D eigenvalue weighted by Crippen LogP contribution is -2.42. The normalized spacial score (nSPS) is 19.2. The monoisotopic (exact) mass is 368 g/mol. The first-order valence-electron chi connectivity index (χ1n) is 8.71. The van der Waals surface area contributed by atoms with Gasteiger partial charge in [0.2, 0.25) is 0 Å². The smallest absolute Gasteiger partial charge is 0.109 e. The third-order valence-electron chi connectivity index (χ3n) is 3.20. The Hall–Kier alpha value is -0.320. The molecule has 0 spiro atoms. The summed E-state index contributed by atoms with van der Waals surface area (Å²) in [6.07, 6.45) is -2.86. The summed E-state index contributed by atoms with van der Waals surface area (Å²) < 4.78 is 27.7. The number of hydrogen-bond acceptors (Lipinski definition) is 8. The van der Waals surface area contributed by atoms with Crippen LogP contribution in [0, 0.1) is 0 Å². The van der Waals surface area contributed by atoms with Crippen LogP contribution in [0.5, 0.6) is 0 Å². The molecular weight excluding hydrogens is 332 g/mol. The predicted octanol–water partition coefficient (Wildman–Crippen LogP) is -0.0327. The maximum absolute atomic E-state index is 9.47. The quantitative estimate of drug-likeness (QED) is 0.349. The van der Waals surface area contributed by atoms with Crippen LogP contribution in [0.15, 0.2) is 0 Å². The van der Waals surface area contributed by atoms with Gasteiger partial charge in [-0.3, -0.25) is 0 Å². The fourth-order valence-electron chi connectivity index (χ4n) is 1.83. The van der Waals surface area contributed by atoms with Gasteiger partial charge in [0.05, 0.1) is 64.1 Å². The fourth-order valence-corrected chi connectivity index (χ4v) is 1.83. The Labute approximate surface area is 151 Å². The molecule has 0 heterocycles. The highest BCUT2D eigenvalue weighted by molar-refractivity contribution is 4.73. The minimum Gasteiger partial charge on any atom is -0.391 e. The first kappa shape index (κ1) is 24.7. The van der Waals surface area contributed by atoms with E-state index in [0.29, 0.717) is 6.61 Å². The topological polar surface area (TPSA) is 107 Å². The molecule has 25 heavy (non-hydrogen) atoms. The first-order valence-corrected chi connectivity index (χ1v) is 8.71. The maximum Gasteiger partial charge on any atom is 0.109 e. The molecule has 3 N–H and O–H groups in total. The molecule has 0 aromatic rings. The molecule has 0 aliphatic heterocycles. The van der Waals surface area contributed by atoms with Gasteiger partial charge >= 0.3 is 0 Å². The van der Waals surface area contributed by atoms with Crippen molar-refractivity contribution < 1.29 is 39.0 Å². The Morgan fingerprint density at radius 1 is 0.600 bits per heavy atom. The lowest BCUT2D eigenvalue weighted by Gasteiger charge is -2.29. The molecule has 6 atom stereocenters. The molecule has 0 aromatic heterocycles. The molecule has 0 amide bonds. The molecular formula is C17H36O8. The van der Waals surface area contributed by atoms with Crippen molar-refractivity contribution in [1.29, 1.82) is 0 Å². The van der Waals surface area contributed by atoms with E-state index in [1.807, 2.05) is 6.92 Å². The zero-order valence-corrected chi connectivity index (χ0v) is 16.1. The Bertz CT molecular complexity index is 298. The number of ether oxygens (including phenoxy) is 5. The highest BCUT2D eigenvalue weighted by Gasteiger charge is 2.25. The average molecular weight is 368 g/mol. The Morgan fingerprint density at radius 3 is 1.36 bits per heavy atom. The van der Waals surface area contributed by atoms with Gasteiger partial charge in [0.1, 0.15) is 12.2 Å². The van der Waals surface area contributed by atoms with Crippen LogP contribution in [-0.4, -0.2) is 98.7 Å². The number of hydrogen-bond donors (Lipinski definition) is 3. The van der Waals surface area contributed by atoms with Crippen molar-refractivity contribution >= 4 is 0 Å². The van der Waals surface area contributed by atoms with Gasteiger partial charge in [0, 0.05) is 7.11 Å². The second kappa shape index (κ2) is 14.8. The highest BCUT2D eigenvalue weighted by atomic mass is 16.6. The van der Waals surface area contributed by atoms with Crippen molar-refractivity contribution in [3.8, 4) is 0 Å². The minimum absolute atomic E-state index is 0.102. The van der Waals surface area contributed by atoms with E-state index in [0.717, 1.165) is 0 Å². The lowest BCUT2D eigenvalue weighted by atomic mass is 10.2. The summed E-state index contributed by atoms with van der Waals surface area (Å²) in [5, 5.41) is 28.1. The van der Waals surface area contributed by atoms with Crippen LogP contribution in [-0.2, 0) is 23.7 Å². The third kappa shape index (κ3) is 14.5. The predicted molar refractivity (Wildman–Crippen MR) is 92.6 cm³/mol. The molecule has 0 aliphatic rings. The molecule has 0 rings (SSSR count). The Kier molecular flexibility index (Phi) is 14.6. The summed E-state index contributed by atoms with van der Waals surface area (Å²) >= 11 is 0. The number of aliphatic hydroxyl groups is 3. The summed E-state index contributed by atoms with van der Waals surface area (Å²) in [6, 6.07) is 0. The van der Waals surface area contributed by atoms with E-state index in [1.54, 1.807) is 27.9 Å². The maximum atomic E-state index is 9.47. The molecule has 0 saturated heterocycles. The second-order valence-corrected chi connectivity index (χ2v) is 6.41. The number of aliphatic hydroxyl groups excluding tert-OH is 3. The van der Waals surface area contributed by atoms with Crippen molar-refractivity contribution in [3.63, 3.8) is 0 Å². The molecule has 8 nitrogen and oxygen atoms in total. The van der Waals surface area contributed by atoms with Gasteiger partial charge < -0.3 is 39.0 Å². The standard InChI is InChI=1S/C17H36O8/c1-12(18)6-22-10-16(24-8-14(3)20)17(11-23-7-13(2)19)25-9-15(4)21-5/h12-20H,6-11H2,1-5H3. The van der Waals surface area contributed by atoms with Gasteiger partial charge in [0.25, 0.3) is 0 Å².